The number of aliphatic imine (C=N–C) groups is 1. The van der Waals surface area contributed by atoms with Gasteiger partial charge in [-0.1, -0.05) is 12.1 Å². The van der Waals surface area contributed by atoms with Crippen molar-refractivity contribution in [3.8, 4) is 0 Å². The normalized spacial score (nSPS) is 14.8. The summed E-state index contributed by atoms with van der Waals surface area (Å²) in [6, 6.07) is 7.87. The maximum atomic E-state index is 12.7. The number of guanidine groups is 1. The van der Waals surface area contributed by atoms with E-state index < -0.39 is 0 Å². The predicted octanol–water partition coefficient (Wildman–Crippen LogP) is 3.25. The van der Waals surface area contributed by atoms with Crippen LogP contribution >= 0.6 is 11.3 Å². The molecule has 1 fully saturated rings. The molecule has 0 radical (unpaired) electrons. The van der Waals surface area contributed by atoms with E-state index >= 15 is 0 Å². The van der Waals surface area contributed by atoms with Crippen LogP contribution in [-0.2, 0) is 13.1 Å². The van der Waals surface area contributed by atoms with Gasteiger partial charge < -0.3 is 15.5 Å². The minimum atomic E-state index is 0.139. The molecular formula is C21H29N5OS. The summed E-state index contributed by atoms with van der Waals surface area (Å²) in [5, 5.41) is 7.74. The Morgan fingerprint density at radius 3 is 2.61 bits per heavy atom. The molecule has 150 valence electrons. The van der Waals surface area contributed by atoms with E-state index in [2.05, 4.69) is 20.6 Å². The Morgan fingerprint density at radius 2 is 1.93 bits per heavy atom. The van der Waals surface area contributed by atoms with Crippen LogP contribution in [0.15, 0.2) is 29.3 Å². The third kappa shape index (κ3) is 5.32. The molecular weight excluding hydrogens is 370 g/mol. The number of rotatable bonds is 5. The van der Waals surface area contributed by atoms with Crippen LogP contribution in [0.3, 0.4) is 0 Å². The minimum absolute atomic E-state index is 0.139. The third-order valence-corrected chi connectivity index (χ3v) is 5.99. The Bertz CT molecular complexity index is 839. The Balaban J connectivity index is 1.55. The zero-order valence-corrected chi connectivity index (χ0v) is 17.7. The number of likely N-dealkylation sites (tertiary alicyclic amines) is 1. The molecule has 1 aromatic heterocycles. The molecule has 2 N–H and O–H groups in total. The molecule has 0 saturated carbocycles. The Hall–Kier alpha value is -2.41. The largest absolute Gasteiger partial charge is 0.352 e. The van der Waals surface area contributed by atoms with Crippen LogP contribution in [0.5, 0.6) is 0 Å². The topological polar surface area (TPSA) is 69.6 Å². The molecule has 0 bridgehead atoms. The van der Waals surface area contributed by atoms with Gasteiger partial charge >= 0.3 is 0 Å². The summed E-state index contributed by atoms with van der Waals surface area (Å²) in [6.45, 7) is 7.10. The summed E-state index contributed by atoms with van der Waals surface area (Å²) >= 11 is 1.70. The highest BCUT2D eigenvalue weighted by Gasteiger charge is 2.18. The van der Waals surface area contributed by atoms with E-state index in [-0.39, 0.29) is 5.91 Å². The summed E-state index contributed by atoms with van der Waals surface area (Å²) in [6.07, 6.45) is 3.43. The summed E-state index contributed by atoms with van der Waals surface area (Å²) in [7, 11) is 1.76. The summed E-state index contributed by atoms with van der Waals surface area (Å²) in [4.78, 5) is 24.6. The van der Waals surface area contributed by atoms with E-state index in [0.29, 0.717) is 13.1 Å². The molecule has 1 aromatic carbocycles. The number of carbonyl (C=O) groups excluding carboxylic acids is 1. The lowest BCUT2D eigenvalue weighted by Crippen LogP contribution is -2.36. The molecule has 1 saturated heterocycles. The average Bonchev–Trinajstić information content (AvgIpc) is 3.05. The van der Waals surface area contributed by atoms with Gasteiger partial charge in [0, 0.05) is 37.1 Å². The van der Waals surface area contributed by atoms with E-state index in [1.54, 1.807) is 18.4 Å². The highest BCUT2D eigenvalue weighted by atomic mass is 32.1. The third-order valence-electron chi connectivity index (χ3n) is 4.92. The molecule has 7 heteroatoms. The molecule has 28 heavy (non-hydrogen) atoms. The van der Waals surface area contributed by atoms with Gasteiger partial charge in [-0.2, -0.15) is 0 Å². The first-order valence-electron chi connectivity index (χ1n) is 9.82. The molecule has 1 aliphatic heterocycles. The number of carbonyl (C=O) groups is 1. The number of hydrogen-bond acceptors (Lipinski definition) is 4. The smallest absolute Gasteiger partial charge is 0.253 e. The fourth-order valence-electron chi connectivity index (χ4n) is 3.40. The summed E-state index contributed by atoms with van der Waals surface area (Å²) in [5.74, 6) is 0.873. The van der Waals surface area contributed by atoms with Crippen molar-refractivity contribution in [3.63, 3.8) is 0 Å². The number of benzene rings is 1. The molecule has 2 aromatic rings. The first-order chi connectivity index (χ1) is 13.6. The minimum Gasteiger partial charge on any atom is -0.352 e. The average molecular weight is 400 g/mol. The lowest BCUT2D eigenvalue weighted by atomic mass is 10.1. The predicted molar refractivity (Wildman–Crippen MR) is 115 cm³/mol. The van der Waals surface area contributed by atoms with Gasteiger partial charge in [-0.15, -0.1) is 11.3 Å². The van der Waals surface area contributed by atoms with E-state index in [1.165, 1.54) is 11.3 Å². The first-order valence-corrected chi connectivity index (χ1v) is 10.6. The lowest BCUT2D eigenvalue weighted by molar-refractivity contribution is 0.0724. The van der Waals surface area contributed by atoms with Crippen LogP contribution in [0, 0.1) is 13.8 Å². The number of hydrogen-bond donors (Lipinski definition) is 2. The van der Waals surface area contributed by atoms with E-state index in [9.17, 15) is 4.79 Å². The fraction of sp³-hybridized carbons (Fsp3) is 0.476. The number of piperidine rings is 1. The first kappa shape index (κ1) is 20.3. The van der Waals surface area contributed by atoms with Crippen LogP contribution in [0.25, 0.3) is 0 Å². The number of nitrogens with zero attached hydrogens (tertiary/aromatic N) is 3. The number of amides is 1. The second-order valence-corrected chi connectivity index (χ2v) is 8.36. The SMILES string of the molecule is CN=C(NCc1cccc(C(=O)N2CCCCC2)c1)NCc1sc(C)nc1C. The van der Waals surface area contributed by atoms with Gasteiger partial charge in [-0.25, -0.2) is 4.98 Å². The van der Waals surface area contributed by atoms with Crippen LogP contribution < -0.4 is 10.6 Å². The van der Waals surface area contributed by atoms with Crippen LogP contribution in [0.2, 0.25) is 0 Å². The summed E-state index contributed by atoms with van der Waals surface area (Å²) < 4.78 is 0. The molecule has 1 amide bonds. The van der Waals surface area contributed by atoms with Crippen molar-refractivity contribution < 1.29 is 4.79 Å². The lowest BCUT2D eigenvalue weighted by Gasteiger charge is -2.26. The van der Waals surface area contributed by atoms with Crippen molar-refractivity contribution in [2.75, 3.05) is 20.1 Å². The van der Waals surface area contributed by atoms with Crippen molar-refractivity contribution in [2.45, 2.75) is 46.2 Å². The van der Waals surface area contributed by atoms with Crippen molar-refractivity contribution in [1.82, 2.24) is 20.5 Å². The highest BCUT2D eigenvalue weighted by Crippen LogP contribution is 2.17. The monoisotopic (exact) mass is 399 g/mol. The van der Waals surface area contributed by atoms with Gasteiger partial charge in [0.15, 0.2) is 5.96 Å². The summed E-state index contributed by atoms with van der Waals surface area (Å²) in [5.41, 5.74) is 2.89. The maximum absolute atomic E-state index is 12.7. The van der Waals surface area contributed by atoms with E-state index in [0.717, 1.165) is 53.7 Å². The molecule has 1 aliphatic rings. The van der Waals surface area contributed by atoms with E-state index in [4.69, 9.17) is 0 Å². The Morgan fingerprint density at radius 1 is 1.18 bits per heavy atom. The van der Waals surface area contributed by atoms with Crippen molar-refractivity contribution in [2.24, 2.45) is 4.99 Å². The molecule has 0 aliphatic carbocycles. The molecule has 3 rings (SSSR count). The van der Waals surface area contributed by atoms with Crippen molar-refractivity contribution in [3.05, 3.63) is 51.0 Å². The van der Waals surface area contributed by atoms with Crippen LogP contribution in [0.1, 0.15) is 50.8 Å². The molecule has 0 unspecified atom stereocenters. The molecule has 2 heterocycles. The number of aromatic nitrogens is 1. The van der Waals surface area contributed by atoms with Gasteiger partial charge in [0.2, 0.25) is 0 Å². The molecule has 6 nitrogen and oxygen atoms in total. The van der Waals surface area contributed by atoms with E-state index in [1.807, 2.05) is 43.0 Å². The maximum Gasteiger partial charge on any atom is 0.253 e. The zero-order chi connectivity index (χ0) is 19.9. The fourth-order valence-corrected chi connectivity index (χ4v) is 4.28. The second-order valence-electron chi connectivity index (χ2n) is 7.07. The number of nitrogens with one attached hydrogen (secondary N) is 2. The quantitative estimate of drug-likeness (QED) is 0.598. The zero-order valence-electron chi connectivity index (χ0n) is 16.9. The van der Waals surface area contributed by atoms with Gasteiger partial charge in [-0.05, 0) is 50.8 Å². The van der Waals surface area contributed by atoms with Crippen molar-refractivity contribution in [1.29, 1.82) is 0 Å². The van der Waals surface area contributed by atoms with Gasteiger partial charge in [0.25, 0.3) is 5.91 Å². The number of aryl methyl sites for hydroxylation is 2. The van der Waals surface area contributed by atoms with Crippen LogP contribution in [-0.4, -0.2) is 41.9 Å². The Kier molecular flexibility index (Phi) is 7.03. The van der Waals surface area contributed by atoms with Gasteiger partial charge in [0.05, 0.1) is 17.2 Å². The van der Waals surface area contributed by atoms with Gasteiger partial charge in [0.1, 0.15) is 0 Å². The number of thiazole rings is 1. The standard InChI is InChI=1S/C21H29N5OS/c1-15-19(28-16(2)25-15)14-24-21(22-3)23-13-17-8-7-9-18(12-17)20(27)26-10-5-4-6-11-26/h7-9,12H,4-6,10-11,13-14H2,1-3H3,(H2,22,23,24). The highest BCUT2D eigenvalue weighted by molar-refractivity contribution is 7.11. The molecule has 0 spiro atoms. The Labute approximate surface area is 171 Å². The van der Waals surface area contributed by atoms with Crippen molar-refractivity contribution >= 4 is 23.2 Å². The second kappa shape index (κ2) is 9.68. The van der Waals surface area contributed by atoms with Gasteiger partial charge in [-0.3, -0.25) is 9.79 Å². The van der Waals surface area contributed by atoms with Crippen LogP contribution in [0.4, 0.5) is 0 Å². The molecule has 0 atom stereocenters.